The van der Waals surface area contributed by atoms with Crippen molar-refractivity contribution in [1.29, 1.82) is 0 Å². The van der Waals surface area contributed by atoms with Crippen molar-refractivity contribution in [2.75, 3.05) is 26.2 Å². The van der Waals surface area contributed by atoms with Gasteiger partial charge in [0.1, 0.15) is 16.9 Å². The number of nitrogens with zero attached hydrogens (tertiary/aromatic N) is 3. The molecule has 2 aromatic heterocycles. The van der Waals surface area contributed by atoms with E-state index in [0.717, 1.165) is 24.5 Å². The Morgan fingerprint density at radius 2 is 2.03 bits per heavy atom. The largest absolute Gasteiger partial charge is 0.492 e. The number of allylic oxidation sites excluding steroid dienone is 2. The first kappa shape index (κ1) is 23.7. The fraction of sp³-hybridized carbons (Fsp3) is 0.455. The number of aromatic nitrogens is 2. The van der Waals surface area contributed by atoms with Crippen molar-refractivity contribution in [3.05, 3.63) is 53.2 Å². The molecule has 9 heteroatoms. The maximum absolute atomic E-state index is 12.7. The molecular formula is C22H30N4O3S2. The molecule has 1 aliphatic rings. The molecule has 168 valence electrons. The number of rotatable bonds is 11. The Hall–Kier alpha value is -1.94. The molecular weight excluding hydrogens is 432 g/mol. The Labute approximate surface area is 189 Å². The molecule has 0 saturated carbocycles. The van der Waals surface area contributed by atoms with Crippen molar-refractivity contribution >= 4 is 21.8 Å². The molecule has 0 aromatic carbocycles. The number of nitrogens with one attached hydrogen (secondary N) is 1. The molecule has 0 bridgehead atoms. The number of thioether (sulfide) groups is 1. The molecule has 0 spiro atoms. The van der Waals surface area contributed by atoms with E-state index in [9.17, 15) is 8.42 Å². The van der Waals surface area contributed by atoms with Crippen LogP contribution in [0.2, 0.25) is 0 Å². The SMILES string of the molecule is CCN(CC)CCOc1cc(CNS(=O)(=O)C2CC=C(C)S2)nc(-c2ccccn2)c1. The van der Waals surface area contributed by atoms with Crippen molar-refractivity contribution in [2.24, 2.45) is 0 Å². The maximum Gasteiger partial charge on any atom is 0.224 e. The van der Waals surface area contributed by atoms with Gasteiger partial charge in [0.2, 0.25) is 10.0 Å². The minimum absolute atomic E-state index is 0.103. The molecule has 0 saturated heterocycles. The highest BCUT2D eigenvalue weighted by Gasteiger charge is 2.29. The van der Waals surface area contributed by atoms with Gasteiger partial charge in [-0.1, -0.05) is 26.0 Å². The minimum atomic E-state index is -3.46. The summed E-state index contributed by atoms with van der Waals surface area (Å²) in [6.45, 7) is 9.58. The average molecular weight is 463 g/mol. The lowest BCUT2D eigenvalue weighted by Gasteiger charge is -2.18. The van der Waals surface area contributed by atoms with Gasteiger partial charge in [-0.25, -0.2) is 18.1 Å². The van der Waals surface area contributed by atoms with Gasteiger partial charge in [-0.2, -0.15) is 0 Å². The van der Waals surface area contributed by atoms with E-state index < -0.39 is 14.6 Å². The number of likely N-dealkylation sites (N-methyl/N-ethyl adjacent to an activating group) is 1. The fourth-order valence-electron chi connectivity index (χ4n) is 3.23. The molecule has 0 amide bonds. The summed E-state index contributed by atoms with van der Waals surface area (Å²) in [5, 5.41) is 0. The third-order valence-corrected chi connectivity index (χ3v) is 8.54. The maximum atomic E-state index is 12.7. The van der Waals surface area contributed by atoms with Crippen molar-refractivity contribution in [2.45, 2.75) is 38.3 Å². The van der Waals surface area contributed by atoms with E-state index in [1.807, 2.05) is 37.3 Å². The van der Waals surface area contributed by atoms with Crippen LogP contribution in [0.1, 0.15) is 32.9 Å². The molecule has 1 atom stereocenters. The Bertz CT molecular complexity index is 993. The van der Waals surface area contributed by atoms with Gasteiger partial charge in [-0.15, -0.1) is 11.8 Å². The standard InChI is InChI=1S/C22H30N4O3S2/c1-4-26(5-2)12-13-29-19-14-18(25-21(15-19)20-8-6-7-11-23-20)16-24-31(27,28)22-10-9-17(3)30-22/h6-9,11,14-15,22,24H,4-5,10,12-13,16H2,1-3H3. The average Bonchev–Trinajstić information content (AvgIpc) is 3.23. The van der Waals surface area contributed by atoms with E-state index in [0.29, 0.717) is 35.9 Å². The van der Waals surface area contributed by atoms with Gasteiger partial charge in [0.25, 0.3) is 0 Å². The third kappa shape index (κ3) is 6.77. The van der Waals surface area contributed by atoms with E-state index in [1.54, 1.807) is 12.3 Å². The van der Waals surface area contributed by atoms with Gasteiger partial charge >= 0.3 is 0 Å². The number of sulfonamides is 1. The van der Waals surface area contributed by atoms with Gasteiger partial charge in [0.05, 0.1) is 23.6 Å². The lowest BCUT2D eigenvalue weighted by Crippen LogP contribution is -2.31. The molecule has 0 fully saturated rings. The normalized spacial score (nSPS) is 16.5. The van der Waals surface area contributed by atoms with Crippen LogP contribution in [0.15, 0.2) is 47.5 Å². The molecule has 1 unspecified atom stereocenters. The number of pyridine rings is 2. The number of hydrogen-bond donors (Lipinski definition) is 1. The highest BCUT2D eigenvalue weighted by atomic mass is 32.3. The summed E-state index contributed by atoms with van der Waals surface area (Å²) in [5.41, 5.74) is 1.96. The highest BCUT2D eigenvalue weighted by Crippen LogP contribution is 2.34. The molecule has 0 aliphatic carbocycles. The summed E-state index contributed by atoms with van der Waals surface area (Å²) in [6.07, 6.45) is 4.18. The van der Waals surface area contributed by atoms with Crippen LogP contribution < -0.4 is 9.46 Å². The van der Waals surface area contributed by atoms with Gasteiger partial charge in [-0.05, 0) is 43.5 Å². The zero-order valence-corrected chi connectivity index (χ0v) is 19.9. The van der Waals surface area contributed by atoms with E-state index >= 15 is 0 Å². The zero-order chi connectivity index (χ0) is 22.3. The first-order valence-electron chi connectivity index (χ1n) is 10.5. The van der Waals surface area contributed by atoms with Crippen molar-refractivity contribution in [3.63, 3.8) is 0 Å². The summed E-state index contributed by atoms with van der Waals surface area (Å²) in [6, 6.07) is 9.26. The van der Waals surface area contributed by atoms with Gasteiger partial charge in [-0.3, -0.25) is 4.98 Å². The lowest BCUT2D eigenvalue weighted by atomic mass is 10.2. The summed E-state index contributed by atoms with van der Waals surface area (Å²) in [7, 11) is -3.46. The van der Waals surface area contributed by atoms with Crippen LogP contribution in [-0.2, 0) is 16.6 Å². The summed E-state index contributed by atoms with van der Waals surface area (Å²) in [5.74, 6) is 0.657. The van der Waals surface area contributed by atoms with Crippen LogP contribution in [0.4, 0.5) is 0 Å². The molecule has 1 aliphatic heterocycles. The summed E-state index contributed by atoms with van der Waals surface area (Å²) < 4.78 is 33.5. The van der Waals surface area contributed by atoms with Crippen LogP contribution in [0.5, 0.6) is 5.75 Å². The van der Waals surface area contributed by atoms with Crippen LogP contribution in [0.25, 0.3) is 11.4 Å². The molecule has 7 nitrogen and oxygen atoms in total. The number of ether oxygens (including phenoxy) is 1. The third-order valence-electron chi connectivity index (χ3n) is 5.07. The van der Waals surface area contributed by atoms with Gasteiger partial charge in [0.15, 0.2) is 0 Å². The first-order valence-corrected chi connectivity index (χ1v) is 12.9. The highest BCUT2D eigenvalue weighted by molar-refractivity contribution is 8.15. The molecule has 0 radical (unpaired) electrons. The minimum Gasteiger partial charge on any atom is -0.492 e. The quantitative estimate of drug-likeness (QED) is 0.546. The molecule has 3 rings (SSSR count). The van der Waals surface area contributed by atoms with Crippen LogP contribution in [0, 0.1) is 0 Å². The summed E-state index contributed by atoms with van der Waals surface area (Å²) >= 11 is 1.38. The molecule has 2 aromatic rings. The Balaban J connectivity index is 1.75. The second-order valence-electron chi connectivity index (χ2n) is 7.23. The first-order chi connectivity index (χ1) is 14.9. The fourth-order valence-corrected chi connectivity index (χ4v) is 6.09. The Kier molecular flexibility index (Phi) is 8.48. The summed E-state index contributed by atoms with van der Waals surface area (Å²) in [4.78, 5) is 12.3. The Morgan fingerprint density at radius 3 is 2.68 bits per heavy atom. The smallest absolute Gasteiger partial charge is 0.224 e. The van der Waals surface area contributed by atoms with Crippen molar-refractivity contribution in [1.82, 2.24) is 19.6 Å². The predicted octanol–water partition coefficient (Wildman–Crippen LogP) is 3.65. The van der Waals surface area contributed by atoms with Crippen LogP contribution >= 0.6 is 11.8 Å². The van der Waals surface area contributed by atoms with Crippen LogP contribution in [0.3, 0.4) is 0 Å². The van der Waals surface area contributed by atoms with E-state index in [-0.39, 0.29) is 6.54 Å². The zero-order valence-electron chi connectivity index (χ0n) is 18.2. The predicted molar refractivity (Wildman–Crippen MR) is 126 cm³/mol. The van der Waals surface area contributed by atoms with Gasteiger partial charge in [0, 0.05) is 24.9 Å². The van der Waals surface area contributed by atoms with Crippen molar-refractivity contribution < 1.29 is 13.2 Å². The molecule has 31 heavy (non-hydrogen) atoms. The van der Waals surface area contributed by atoms with Crippen LogP contribution in [-0.4, -0.2) is 54.1 Å². The van der Waals surface area contributed by atoms with E-state index in [4.69, 9.17) is 4.74 Å². The Morgan fingerprint density at radius 1 is 1.23 bits per heavy atom. The topological polar surface area (TPSA) is 84.4 Å². The second kappa shape index (κ2) is 11.1. The second-order valence-corrected chi connectivity index (χ2v) is 10.9. The van der Waals surface area contributed by atoms with Gasteiger partial charge < -0.3 is 9.64 Å². The monoisotopic (exact) mass is 462 g/mol. The molecule has 3 heterocycles. The molecule has 1 N–H and O–H groups in total. The van der Waals surface area contributed by atoms with E-state index in [1.165, 1.54) is 11.8 Å². The van der Waals surface area contributed by atoms with Crippen molar-refractivity contribution in [3.8, 4) is 17.1 Å². The lowest BCUT2D eigenvalue weighted by molar-refractivity contribution is 0.222. The number of hydrogen-bond acceptors (Lipinski definition) is 7. The van der Waals surface area contributed by atoms with E-state index in [2.05, 4.69) is 33.4 Å².